The van der Waals surface area contributed by atoms with Gasteiger partial charge in [0.25, 0.3) is 0 Å². The van der Waals surface area contributed by atoms with Crippen molar-refractivity contribution in [1.29, 1.82) is 4.78 Å². The molecule has 2 atom stereocenters. The van der Waals surface area contributed by atoms with Gasteiger partial charge in [0.05, 0.1) is 12.7 Å². The van der Waals surface area contributed by atoms with Crippen LogP contribution in [-0.2, 0) is 14.7 Å². The van der Waals surface area contributed by atoms with Crippen molar-refractivity contribution in [2.24, 2.45) is 0 Å². The Labute approximate surface area is 80.4 Å². The minimum Gasteiger partial charge on any atom is -0.377 e. The fourth-order valence-corrected chi connectivity index (χ4v) is 2.88. The second kappa shape index (κ2) is 3.94. The zero-order chi connectivity index (χ0) is 10.1. The zero-order valence-corrected chi connectivity index (χ0v) is 9.26. The van der Waals surface area contributed by atoms with Crippen molar-refractivity contribution in [2.75, 3.05) is 19.4 Å². The van der Waals surface area contributed by atoms with E-state index < -0.39 is 9.92 Å². The molecule has 0 spiro atoms. The van der Waals surface area contributed by atoms with Gasteiger partial charge in [-0.15, -0.1) is 0 Å². The second-order valence-corrected chi connectivity index (χ2v) is 5.98. The van der Waals surface area contributed by atoms with E-state index in [2.05, 4.69) is 0 Å². The molecular weight excluding hydrogens is 188 g/mol. The summed E-state index contributed by atoms with van der Waals surface area (Å²) in [5, 5.41) is 0. The molecule has 1 aliphatic rings. The van der Waals surface area contributed by atoms with Gasteiger partial charge in [0.1, 0.15) is 9.92 Å². The first-order valence-electron chi connectivity index (χ1n) is 4.54. The van der Waals surface area contributed by atoms with E-state index >= 15 is 0 Å². The summed E-state index contributed by atoms with van der Waals surface area (Å²) in [4.78, 5) is 0. The highest BCUT2D eigenvalue weighted by molar-refractivity contribution is 7.90. The molecule has 1 heterocycles. The third-order valence-corrected chi connectivity index (χ3v) is 4.35. The summed E-state index contributed by atoms with van der Waals surface area (Å²) in [7, 11) is -0.722. The molecule has 1 saturated heterocycles. The Bertz CT molecular complexity index is 261. The standard InChI is InChI=1S/C8H18N2O2S/c1-7(2)12-6-8-4-5-13(9,11)10(8)3/h7-9H,4-6H2,1-3H3. The van der Waals surface area contributed by atoms with Crippen molar-refractivity contribution >= 4 is 9.92 Å². The predicted molar refractivity (Wildman–Crippen MR) is 53.0 cm³/mol. The average Bonchev–Trinajstić information content (AvgIpc) is 2.25. The Morgan fingerprint density at radius 1 is 1.69 bits per heavy atom. The predicted octanol–water partition coefficient (Wildman–Crippen LogP) is 1.08. The van der Waals surface area contributed by atoms with Crippen LogP contribution in [0.5, 0.6) is 0 Å². The summed E-state index contributed by atoms with van der Waals surface area (Å²) in [5.41, 5.74) is 0. The van der Waals surface area contributed by atoms with Crippen LogP contribution in [0.25, 0.3) is 0 Å². The Hall–Kier alpha value is -0.130. The lowest BCUT2D eigenvalue weighted by Gasteiger charge is -2.20. The van der Waals surface area contributed by atoms with Gasteiger partial charge in [-0.2, -0.15) is 0 Å². The molecule has 13 heavy (non-hydrogen) atoms. The summed E-state index contributed by atoms with van der Waals surface area (Å²) in [5.74, 6) is 0.482. The average molecular weight is 206 g/mol. The number of hydrogen-bond donors (Lipinski definition) is 1. The van der Waals surface area contributed by atoms with Crippen LogP contribution in [0.3, 0.4) is 0 Å². The number of nitrogens with one attached hydrogen (secondary N) is 1. The van der Waals surface area contributed by atoms with Crippen molar-refractivity contribution < 1.29 is 8.95 Å². The Morgan fingerprint density at radius 3 is 2.69 bits per heavy atom. The van der Waals surface area contributed by atoms with Gasteiger partial charge in [-0.3, -0.25) is 0 Å². The van der Waals surface area contributed by atoms with Crippen LogP contribution in [0.15, 0.2) is 0 Å². The van der Waals surface area contributed by atoms with E-state index in [0.717, 1.165) is 6.42 Å². The highest BCUT2D eigenvalue weighted by Crippen LogP contribution is 2.19. The maximum absolute atomic E-state index is 11.5. The molecule has 0 aromatic rings. The van der Waals surface area contributed by atoms with Crippen molar-refractivity contribution in [1.82, 2.24) is 4.31 Å². The van der Waals surface area contributed by atoms with Gasteiger partial charge in [-0.05, 0) is 20.3 Å². The number of nitrogens with zero attached hydrogens (tertiary/aromatic N) is 1. The molecule has 1 N–H and O–H groups in total. The van der Waals surface area contributed by atoms with Crippen LogP contribution < -0.4 is 0 Å². The first kappa shape index (κ1) is 10.9. The molecule has 0 aliphatic carbocycles. The van der Waals surface area contributed by atoms with Crippen molar-refractivity contribution in [3.8, 4) is 0 Å². The fraction of sp³-hybridized carbons (Fsp3) is 1.00. The zero-order valence-electron chi connectivity index (χ0n) is 8.45. The molecule has 78 valence electrons. The van der Waals surface area contributed by atoms with Crippen molar-refractivity contribution in [2.45, 2.75) is 32.4 Å². The first-order chi connectivity index (χ1) is 5.93. The van der Waals surface area contributed by atoms with Crippen LogP contribution in [-0.4, -0.2) is 40.1 Å². The van der Waals surface area contributed by atoms with Gasteiger partial charge in [0.2, 0.25) is 0 Å². The van der Waals surface area contributed by atoms with Crippen LogP contribution >= 0.6 is 0 Å². The molecule has 0 saturated carbocycles. The minimum absolute atomic E-state index is 0.160. The van der Waals surface area contributed by atoms with Crippen molar-refractivity contribution in [3.63, 3.8) is 0 Å². The Balaban J connectivity index is 2.47. The minimum atomic E-state index is -2.47. The smallest absolute Gasteiger partial charge is 0.107 e. The molecule has 4 nitrogen and oxygen atoms in total. The molecule has 5 heteroatoms. The van der Waals surface area contributed by atoms with Crippen LogP contribution in [0.1, 0.15) is 20.3 Å². The summed E-state index contributed by atoms with van der Waals surface area (Å²) in [6.07, 6.45) is 1.02. The SMILES string of the molecule is CC(C)OCC1CCS(=N)(=O)N1C. The monoisotopic (exact) mass is 206 g/mol. The molecular formula is C8H18N2O2S. The molecule has 0 aromatic carbocycles. The molecule has 1 rings (SSSR count). The lowest BCUT2D eigenvalue weighted by molar-refractivity contribution is 0.0516. The van der Waals surface area contributed by atoms with Gasteiger partial charge >= 0.3 is 0 Å². The Kier molecular flexibility index (Phi) is 3.32. The van der Waals surface area contributed by atoms with Crippen LogP contribution in [0, 0.1) is 4.78 Å². The maximum Gasteiger partial charge on any atom is 0.107 e. The molecule has 0 amide bonds. The summed E-state index contributed by atoms with van der Waals surface area (Å²) < 4.78 is 26.1. The highest BCUT2D eigenvalue weighted by Gasteiger charge is 2.31. The van der Waals surface area contributed by atoms with Gasteiger partial charge in [0.15, 0.2) is 0 Å². The fourth-order valence-electron chi connectivity index (χ4n) is 1.35. The van der Waals surface area contributed by atoms with E-state index in [4.69, 9.17) is 9.52 Å². The molecule has 0 bridgehead atoms. The van der Waals surface area contributed by atoms with E-state index in [0.29, 0.717) is 12.4 Å². The van der Waals surface area contributed by atoms with E-state index in [-0.39, 0.29) is 12.1 Å². The van der Waals surface area contributed by atoms with E-state index in [1.54, 1.807) is 11.4 Å². The topological polar surface area (TPSA) is 53.4 Å². The lowest BCUT2D eigenvalue weighted by Crippen LogP contribution is -2.32. The normalized spacial score (nSPS) is 35.8. The largest absolute Gasteiger partial charge is 0.377 e. The van der Waals surface area contributed by atoms with E-state index in [9.17, 15) is 4.21 Å². The van der Waals surface area contributed by atoms with Gasteiger partial charge < -0.3 is 4.74 Å². The molecule has 0 aromatic heterocycles. The number of likely N-dealkylation sites (N-methyl/N-ethyl adjacent to an activating group) is 1. The molecule has 0 radical (unpaired) electrons. The summed E-state index contributed by atoms with van der Waals surface area (Å²) >= 11 is 0. The van der Waals surface area contributed by atoms with Gasteiger partial charge in [0, 0.05) is 18.8 Å². The third kappa shape index (κ3) is 2.65. The number of hydrogen-bond acceptors (Lipinski definition) is 3. The van der Waals surface area contributed by atoms with Gasteiger partial charge in [-0.1, -0.05) is 0 Å². The van der Waals surface area contributed by atoms with E-state index in [1.807, 2.05) is 13.8 Å². The molecule has 1 fully saturated rings. The maximum atomic E-state index is 11.5. The quantitative estimate of drug-likeness (QED) is 0.751. The first-order valence-corrected chi connectivity index (χ1v) is 6.23. The van der Waals surface area contributed by atoms with E-state index in [1.165, 1.54) is 0 Å². The van der Waals surface area contributed by atoms with Gasteiger partial charge in [-0.25, -0.2) is 13.3 Å². The number of rotatable bonds is 3. The molecule has 2 unspecified atom stereocenters. The summed E-state index contributed by atoms with van der Waals surface area (Å²) in [6, 6.07) is 0.160. The van der Waals surface area contributed by atoms with Crippen molar-refractivity contribution in [3.05, 3.63) is 0 Å². The van der Waals surface area contributed by atoms with Crippen LogP contribution in [0.2, 0.25) is 0 Å². The molecule has 1 aliphatic heterocycles. The Morgan fingerprint density at radius 2 is 2.31 bits per heavy atom. The summed E-state index contributed by atoms with van der Waals surface area (Å²) in [6.45, 7) is 4.55. The third-order valence-electron chi connectivity index (χ3n) is 2.33. The van der Waals surface area contributed by atoms with Crippen LogP contribution in [0.4, 0.5) is 0 Å². The number of ether oxygens (including phenoxy) is 1. The lowest BCUT2D eigenvalue weighted by atomic mass is 10.2. The highest BCUT2D eigenvalue weighted by atomic mass is 32.2. The second-order valence-electron chi connectivity index (χ2n) is 3.72.